The van der Waals surface area contributed by atoms with E-state index in [1.165, 1.54) is 66.9 Å². The minimum atomic E-state index is -4.01. The van der Waals surface area contributed by atoms with Gasteiger partial charge < -0.3 is 79.8 Å². The number of nitrogens with two attached hydrogens (primary N) is 4. The third kappa shape index (κ3) is 23.8. The van der Waals surface area contributed by atoms with Crippen LogP contribution < -0.4 is 60.8 Å². The number of hydrogen-bond donors (Lipinski definition) is 4. The second-order valence-corrected chi connectivity index (χ2v) is 29.3. The van der Waals surface area contributed by atoms with E-state index in [9.17, 15) is 23.3 Å². The molecular weight excluding hydrogens is 1520 g/mol. The summed E-state index contributed by atoms with van der Waals surface area (Å²) in [5.74, 6) is -41.9. The number of hydrogen-bond acceptors (Lipinski definition) is 24. The van der Waals surface area contributed by atoms with Gasteiger partial charge in [0.25, 0.3) is 0 Å². The Labute approximate surface area is 810 Å². The monoisotopic (exact) mass is 1740 g/mol. The molecule has 8 aliphatic heterocycles. The number of methoxy groups -OCH3 is 8. The number of piperidine rings is 4. The van der Waals surface area contributed by atoms with E-state index >= 15 is 0 Å². The number of carbonyl (C=O) groups excluding carboxylic acids is 4. The zero-order valence-corrected chi connectivity index (χ0v) is 68.3. The SMILES string of the molecule is [2H]C([2H])([2H])Oc1cc2c(cc1OC)C1CC(OC(=O)[C@@]([2H])(N)C([2H])(C([2H])([2H])[2H])C([2H])([2H])[2H])C(C([2H])([2H])C([2H])(C)C([2H])([2H])[2H])CN1CC2.[2H]C([2H])([2H])Oc1cc2c(cc1OC)C1CC([2H])(OC(=O)[C@@]([2H])(N)C([2H])(C([2H])([2H])[2H])C([2H])([2H])[2H])C(C([2H])([2H])C([2H])(C)C([2H])([2H])[2H])CN1CC2.[2H]C1(OC(=O)[C@@]([2H])(N)C([2H])(C([2H])([2H])[2H])C([2H])([2H])[2H])CC2c3cc(OC)c(OC)cc3CCN2CC1C([2H])([2H])C([2H])(C)C([2H])([2H])[2H].[2H]C1(OC(=O)[C@@]([2H])(N)C([2H])(C([2H])([2H])[2H])C([2H])([2H])[2H])CC2c3cc(OC)c(OC)cc3CCN2CC1C([2H])([2H])C([2H])(C)C([2H])([2H])[2H]. The van der Waals surface area contributed by atoms with E-state index in [1.807, 2.05) is 0 Å². The topological polar surface area (TPSA) is 296 Å². The maximum absolute atomic E-state index is 13.6. The smallest absolute Gasteiger partial charge is 0.323 e. The van der Waals surface area contributed by atoms with Gasteiger partial charge in [-0.3, -0.25) is 38.8 Å². The molecule has 0 spiro atoms. The number of esters is 4. The van der Waals surface area contributed by atoms with Gasteiger partial charge in [-0.2, -0.15) is 0 Å². The van der Waals surface area contributed by atoms with Crippen LogP contribution in [-0.4, -0.2) is 201 Å². The van der Waals surface area contributed by atoms with E-state index in [0.717, 1.165) is 38.8 Å². The summed E-state index contributed by atoms with van der Waals surface area (Å²) in [5, 5.41) is 0. The lowest BCUT2D eigenvalue weighted by molar-refractivity contribution is -0.161. The van der Waals surface area contributed by atoms with Gasteiger partial charge in [0.1, 0.15) is 48.4 Å². The van der Waals surface area contributed by atoms with Crippen LogP contribution in [0.5, 0.6) is 46.0 Å². The minimum absolute atomic E-state index is 0.0235. The van der Waals surface area contributed by atoms with Crippen LogP contribution in [0.3, 0.4) is 0 Å². The van der Waals surface area contributed by atoms with Gasteiger partial charge in [-0.25, -0.2) is 0 Å². The summed E-state index contributed by atoms with van der Waals surface area (Å²) in [6.07, 6.45) is -23.6. The van der Waals surface area contributed by atoms with Crippen molar-refractivity contribution in [1.29, 1.82) is 0 Å². The highest BCUT2D eigenvalue weighted by Gasteiger charge is 2.47. The third-order valence-electron chi connectivity index (χ3n) is 21.6. The highest BCUT2D eigenvalue weighted by Crippen LogP contribution is 2.50. The lowest BCUT2D eigenvalue weighted by Gasteiger charge is -2.47. The number of ether oxygens (including phenoxy) is 12. The standard InChI is InChI=1S/4C24H38N2O4/c4*1-14(2)9-17-13-26-8-7-16-10-21(28-5)22(29-6)11-18(16)19(26)12-20(17)30-24(27)23(25)15(3)4/h4*10-11,14-15,17,19-20,23H,7-9,12-13,25H2,1-6H3/t4*17?,19?,20?,23-/m0000/s1/i1D3,3D3,4D3,5D3,9D2,14D,15D,20D,23D;2*1D3,3D3,4D3,9D2,14D,15D,20D,23D;1D3,3D3,4D3,5D3,9D2,14D,15D,23D/t4*14?,17?,19?,20?,23-. The average molecular weight is 1740 g/mol. The van der Waals surface area contributed by atoms with Crippen LogP contribution in [0.25, 0.3) is 0 Å². The third-order valence-corrected chi connectivity index (χ3v) is 21.6. The second-order valence-electron chi connectivity index (χ2n) is 29.3. The van der Waals surface area contributed by atoms with Crippen molar-refractivity contribution in [3.05, 3.63) is 93.0 Å². The van der Waals surface area contributed by atoms with Crippen LogP contribution in [-0.2, 0) is 63.8 Å². The van der Waals surface area contributed by atoms with Crippen molar-refractivity contribution in [2.24, 2.45) is 93.8 Å². The Morgan fingerprint density at radius 1 is 0.358 bits per heavy atom. The molecule has 0 saturated carbocycles. The van der Waals surface area contributed by atoms with Crippen molar-refractivity contribution in [2.75, 3.05) is 109 Å². The van der Waals surface area contributed by atoms with Crippen molar-refractivity contribution < 1.29 is 165 Å². The van der Waals surface area contributed by atoms with Crippen LogP contribution in [0.2, 0.25) is 0 Å². The first kappa shape index (κ1) is 40.9. The van der Waals surface area contributed by atoms with Crippen molar-refractivity contribution in [3.63, 3.8) is 0 Å². The van der Waals surface area contributed by atoms with Crippen molar-refractivity contribution >= 4 is 23.9 Å². The van der Waals surface area contributed by atoms with E-state index in [2.05, 4.69) is 0 Å². The predicted molar refractivity (Wildman–Crippen MR) is 471 cm³/mol. The van der Waals surface area contributed by atoms with Crippen LogP contribution >= 0.6 is 0 Å². The molecule has 24 heteroatoms. The molecule has 0 amide bonds. The highest BCUT2D eigenvalue weighted by molar-refractivity contribution is 5.77. The molecule has 12 rings (SSSR count). The maximum atomic E-state index is 13.6. The quantitative estimate of drug-likeness (QED) is 0.0303. The van der Waals surface area contributed by atoms with Gasteiger partial charge in [-0.1, -0.05) is 110 Å². The molecule has 8 heterocycles. The molecule has 16 unspecified atom stereocenters. The number of rotatable bonds is 28. The van der Waals surface area contributed by atoms with E-state index in [0.29, 0.717) is 75.6 Å². The van der Waals surface area contributed by atoms with Gasteiger partial charge in [-0.15, -0.1) is 0 Å². The Balaban J connectivity index is 0.000000269. The van der Waals surface area contributed by atoms with Crippen LogP contribution in [0.15, 0.2) is 48.5 Å². The molecule has 672 valence electrons. The molecule has 0 aliphatic carbocycles. The van der Waals surface area contributed by atoms with E-state index in [1.54, 1.807) is 43.9 Å². The Morgan fingerprint density at radius 2 is 0.592 bits per heavy atom. The number of nitrogens with zero attached hydrogens (tertiary/aromatic N) is 4. The van der Waals surface area contributed by atoms with Gasteiger partial charge in [0.2, 0.25) is 0 Å². The summed E-state index contributed by atoms with van der Waals surface area (Å²) >= 11 is 0. The molecule has 8 aliphatic rings. The predicted octanol–water partition coefficient (Wildman–Crippen LogP) is 14.3. The molecule has 20 atom stereocenters. The molecule has 24 nitrogen and oxygen atoms in total. The molecule has 4 aromatic rings. The molecule has 8 N–H and O–H groups in total. The molecular formula is C96H152N8O16. The van der Waals surface area contributed by atoms with Gasteiger partial charge in [-0.05, 0) is 191 Å². The first-order chi connectivity index (χ1) is 82.1. The average Bonchev–Trinajstić information content (AvgIpc) is 0.705. The number of benzene rings is 4. The second kappa shape index (κ2) is 43.9. The first-order valence-electron chi connectivity index (χ1n) is 70.5. The molecule has 120 heavy (non-hydrogen) atoms. The van der Waals surface area contributed by atoms with Crippen molar-refractivity contribution in [1.82, 2.24) is 19.6 Å². The maximum Gasteiger partial charge on any atom is 0.323 e. The zero-order valence-electron chi connectivity index (χ0n) is 133. The van der Waals surface area contributed by atoms with Gasteiger partial charge in [0.15, 0.2) is 46.0 Å². The molecule has 0 radical (unpaired) electrons. The minimum Gasteiger partial charge on any atom is -0.493 e. The molecule has 0 aromatic heterocycles. The van der Waals surface area contributed by atoms with E-state index < -0.39 is 328 Å². The lowest BCUT2D eigenvalue weighted by Crippen LogP contribution is -2.51. The van der Waals surface area contributed by atoms with Crippen molar-refractivity contribution in [3.8, 4) is 46.0 Å². The van der Waals surface area contributed by atoms with E-state index in [-0.39, 0.29) is 68.6 Å². The normalized spacial score (nSPS) is 40.0. The van der Waals surface area contributed by atoms with Gasteiger partial charge >= 0.3 is 23.9 Å². The Bertz CT molecular complexity index is 6660. The summed E-state index contributed by atoms with van der Waals surface area (Å²) in [6.45, 7) is -41.2. The Morgan fingerprint density at radius 3 is 0.842 bits per heavy atom. The van der Waals surface area contributed by atoms with Crippen LogP contribution in [0, 0.1) is 70.8 Å². The molecule has 4 fully saturated rings. The summed E-state index contributed by atoms with van der Waals surface area (Å²) in [5.41, 5.74) is 27.5. The van der Waals surface area contributed by atoms with Crippen LogP contribution in [0.4, 0.5) is 0 Å². The van der Waals surface area contributed by atoms with Gasteiger partial charge in [0, 0.05) is 197 Å². The summed E-state index contributed by atoms with van der Waals surface area (Å²) in [7, 11) is 2.53. The summed E-state index contributed by atoms with van der Waals surface area (Å²) in [6, 6.07) is -6.29. The fraction of sp³-hybridized carbons (Fsp3) is 0.708. The van der Waals surface area contributed by atoms with Crippen LogP contribution in [0.1, 0.15) is 319 Å². The summed E-state index contributed by atoms with van der Waals surface area (Å²) in [4.78, 5) is 61.1. The fourth-order valence-electron chi connectivity index (χ4n) is 16.0. The Kier molecular flexibility index (Phi) is 15.0. The fourth-order valence-corrected chi connectivity index (χ4v) is 16.0. The Hall–Kier alpha value is -7.16. The largest absolute Gasteiger partial charge is 0.493 e. The van der Waals surface area contributed by atoms with E-state index in [4.69, 9.17) is 165 Å². The highest BCUT2D eigenvalue weighted by atomic mass is 16.6. The lowest BCUT2D eigenvalue weighted by atomic mass is 9.79. The molecule has 0 bridgehead atoms. The van der Waals surface area contributed by atoms with Crippen molar-refractivity contribution in [2.45, 2.75) is 259 Å². The summed E-state index contributed by atoms with van der Waals surface area (Å²) < 4.78 is 587. The van der Waals surface area contributed by atoms with Gasteiger partial charge in [0.05, 0.1) is 74.6 Å². The first-order valence-corrected chi connectivity index (χ1v) is 38.0. The zero-order chi connectivity index (χ0) is 144. The number of carbonyl (C=O) groups is 4. The molecule has 4 saturated heterocycles. The molecule has 4 aromatic carbocycles. The number of fused-ring (bicyclic) bond motifs is 12.